The van der Waals surface area contributed by atoms with E-state index >= 15 is 0 Å². The molecule has 0 bridgehead atoms. The van der Waals surface area contributed by atoms with Crippen molar-refractivity contribution in [2.24, 2.45) is 0 Å². The minimum atomic E-state index is 0.134. The van der Waals surface area contributed by atoms with Crippen LogP contribution >= 0.6 is 11.3 Å². The lowest BCUT2D eigenvalue weighted by Gasteiger charge is -2.33. The van der Waals surface area contributed by atoms with Crippen LogP contribution in [0.4, 0.5) is 11.4 Å². The normalized spacial score (nSPS) is 14.3. The van der Waals surface area contributed by atoms with Gasteiger partial charge in [-0.15, -0.1) is 11.3 Å². The SMILES string of the molecule is N#Cc1ccc(C2=CCC(N(c3ccc(-c4ccc(C#N)cc4)cc3)c3ccc4sc5ccccc5c4c3)C=C2)cc1. The molecule has 1 aliphatic rings. The molecule has 0 fully saturated rings. The molecular formula is C38H25N3S. The predicted octanol–water partition coefficient (Wildman–Crippen LogP) is 10.0. The zero-order valence-electron chi connectivity index (χ0n) is 22.7. The number of nitrogens with zero attached hydrogens (tertiary/aromatic N) is 3. The van der Waals surface area contributed by atoms with E-state index in [1.165, 1.54) is 25.7 Å². The van der Waals surface area contributed by atoms with Gasteiger partial charge in [0.15, 0.2) is 0 Å². The van der Waals surface area contributed by atoms with Crippen molar-refractivity contribution in [1.82, 2.24) is 0 Å². The Morgan fingerprint density at radius 2 is 1.21 bits per heavy atom. The Labute approximate surface area is 249 Å². The van der Waals surface area contributed by atoms with E-state index in [2.05, 4.69) is 102 Å². The quantitative estimate of drug-likeness (QED) is 0.213. The van der Waals surface area contributed by atoms with Crippen LogP contribution in [0.25, 0.3) is 36.9 Å². The zero-order valence-corrected chi connectivity index (χ0v) is 23.6. The molecule has 1 aromatic heterocycles. The number of fused-ring (bicyclic) bond motifs is 3. The van der Waals surface area contributed by atoms with E-state index in [0.717, 1.165) is 34.5 Å². The van der Waals surface area contributed by atoms with Crippen LogP contribution in [-0.2, 0) is 0 Å². The van der Waals surface area contributed by atoms with E-state index in [1.54, 1.807) is 0 Å². The van der Waals surface area contributed by atoms with Gasteiger partial charge < -0.3 is 4.90 Å². The van der Waals surface area contributed by atoms with E-state index in [0.29, 0.717) is 11.1 Å². The number of thiophene rings is 1. The third kappa shape index (κ3) is 4.75. The summed E-state index contributed by atoms with van der Waals surface area (Å²) in [7, 11) is 0. The Morgan fingerprint density at radius 1 is 0.619 bits per heavy atom. The molecule has 0 saturated heterocycles. The minimum absolute atomic E-state index is 0.134. The van der Waals surface area contributed by atoms with Crippen LogP contribution in [0.1, 0.15) is 23.1 Å². The van der Waals surface area contributed by atoms with Crippen molar-refractivity contribution in [1.29, 1.82) is 10.5 Å². The molecule has 42 heavy (non-hydrogen) atoms. The van der Waals surface area contributed by atoms with Gasteiger partial charge in [0.25, 0.3) is 0 Å². The molecule has 198 valence electrons. The maximum atomic E-state index is 9.17. The molecule has 1 unspecified atom stereocenters. The summed E-state index contributed by atoms with van der Waals surface area (Å²) < 4.78 is 2.59. The largest absolute Gasteiger partial charge is 0.334 e. The lowest BCUT2D eigenvalue weighted by molar-refractivity contribution is 0.787. The second-order valence-corrected chi connectivity index (χ2v) is 11.5. The topological polar surface area (TPSA) is 50.8 Å². The van der Waals surface area contributed by atoms with Crippen molar-refractivity contribution >= 4 is 48.5 Å². The molecular weight excluding hydrogens is 531 g/mol. The number of hydrogen-bond donors (Lipinski definition) is 0. The molecule has 7 rings (SSSR count). The molecule has 1 heterocycles. The van der Waals surface area contributed by atoms with Gasteiger partial charge in [0.05, 0.1) is 29.3 Å². The minimum Gasteiger partial charge on any atom is -0.334 e. The van der Waals surface area contributed by atoms with E-state index in [9.17, 15) is 0 Å². The molecule has 3 nitrogen and oxygen atoms in total. The predicted molar refractivity (Wildman–Crippen MR) is 175 cm³/mol. The van der Waals surface area contributed by atoms with Crippen LogP contribution in [0.15, 0.2) is 133 Å². The Balaban J connectivity index is 1.27. The molecule has 0 N–H and O–H groups in total. The molecule has 1 aliphatic carbocycles. The maximum absolute atomic E-state index is 9.17. The van der Waals surface area contributed by atoms with Crippen LogP contribution in [0, 0.1) is 22.7 Å². The van der Waals surface area contributed by atoms with Gasteiger partial charge in [-0.3, -0.25) is 0 Å². The monoisotopic (exact) mass is 555 g/mol. The molecule has 0 spiro atoms. The fraction of sp³-hybridized carbons (Fsp3) is 0.0526. The first-order valence-corrected chi connectivity index (χ1v) is 14.7. The lowest BCUT2D eigenvalue weighted by atomic mass is 9.95. The Morgan fingerprint density at radius 3 is 1.86 bits per heavy atom. The first-order chi connectivity index (χ1) is 20.7. The number of hydrogen-bond acceptors (Lipinski definition) is 4. The number of allylic oxidation sites excluding steroid dienone is 2. The molecule has 5 aromatic carbocycles. The summed E-state index contributed by atoms with van der Waals surface area (Å²) in [4.78, 5) is 2.43. The van der Waals surface area contributed by atoms with Crippen LogP contribution in [0.5, 0.6) is 0 Å². The van der Waals surface area contributed by atoms with Crippen molar-refractivity contribution in [3.8, 4) is 23.3 Å². The Bertz CT molecular complexity index is 2070. The second-order valence-electron chi connectivity index (χ2n) is 10.4. The summed E-state index contributed by atoms with van der Waals surface area (Å²) in [5.41, 5.74) is 8.10. The zero-order chi connectivity index (χ0) is 28.5. The molecule has 0 aliphatic heterocycles. The van der Waals surface area contributed by atoms with Gasteiger partial charge >= 0.3 is 0 Å². The number of benzene rings is 5. The highest BCUT2D eigenvalue weighted by Crippen LogP contribution is 2.40. The molecule has 6 aromatic rings. The Kier molecular flexibility index (Phi) is 6.61. The second kappa shape index (κ2) is 10.9. The van der Waals surface area contributed by atoms with Gasteiger partial charge in [-0.25, -0.2) is 0 Å². The van der Waals surface area contributed by atoms with Crippen LogP contribution in [0.3, 0.4) is 0 Å². The summed E-state index contributed by atoms with van der Waals surface area (Å²) >= 11 is 1.83. The van der Waals surface area contributed by atoms with E-state index < -0.39 is 0 Å². The van der Waals surface area contributed by atoms with Crippen LogP contribution in [-0.4, -0.2) is 6.04 Å². The van der Waals surface area contributed by atoms with Gasteiger partial charge in [0.2, 0.25) is 0 Å². The molecule has 1 atom stereocenters. The standard InChI is InChI=1S/C38H25N3S/c39-24-26-5-9-28(10-6-26)30-13-17-32(18-14-30)41(33-19-15-31(16-20-33)29-11-7-27(25-40)8-12-29)34-21-22-38-36(23-34)35-3-1-2-4-37(35)42-38/h1-19,21-23,33H,20H2. The van der Waals surface area contributed by atoms with Gasteiger partial charge in [-0.1, -0.05) is 72.8 Å². The first-order valence-electron chi connectivity index (χ1n) is 13.9. The lowest BCUT2D eigenvalue weighted by Crippen LogP contribution is -2.30. The fourth-order valence-corrected chi connectivity index (χ4v) is 6.79. The molecule has 0 saturated carbocycles. The van der Waals surface area contributed by atoms with E-state index in [-0.39, 0.29) is 6.04 Å². The number of rotatable bonds is 5. The van der Waals surface area contributed by atoms with Gasteiger partial charge in [-0.05, 0) is 89.3 Å². The van der Waals surface area contributed by atoms with E-state index in [4.69, 9.17) is 10.5 Å². The highest BCUT2D eigenvalue weighted by Gasteiger charge is 2.22. The summed E-state index contributed by atoms with van der Waals surface area (Å²) in [6.07, 6.45) is 7.64. The Hall–Kier alpha value is -5.42. The van der Waals surface area contributed by atoms with Gasteiger partial charge in [0, 0.05) is 31.5 Å². The maximum Gasteiger partial charge on any atom is 0.0991 e. The van der Waals surface area contributed by atoms with E-state index in [1.807, 2.05) is 59.9 Å². The van der Waals surface area contributed by atoms with Crippen LogP contribution in [0.2, 0.25) is 0 Å². The number of anilines is 2. The third-order valence-electron chi connectivity index (χ3n) is 7.89. The van der Waals surface area contributed by atoms with Gasteiger partial charge in [0.1, 0.15) is 0 Å². The molecule has 4 heteroatoms. The van der Waals surface area contributed by atoms with Crippen LogP contribution < -0.4 is 4.90 Å². The summed E-state index contributed by atoms with van der Waals surface area (Å²) in [5.74, 6) is 0. The average Bonchev–Trinajstić information content (AvgIpc) is 3.44. The number of nitriles is 2. The van der Waals surface area contributed by atoms with Crippen molar-refractivity contribution in [2.45, 2.75) is 12.5 Å². The molecule has 0 amide bonds. The van der Waals surface area contributed by atoms with Crippen molar-refractivity contribution < 1.29 is 0 Å². The first kappa shape index (κ1) is 25.5. The van der Waals surface area contributed by atoms with Gasteiger partial charge in [-0.2, -0.15) is 10.5 Å². The van der Waals surface area contributed by atoms with Crippen molar-refractivity contribution in [3.05, 3.63) is 150 Å². The fourth-order valence-electron chi connectivity index (χ4n) is 5.70. The summed E-state index contributed by atoms with van der Waals surface area (Å²) in [6.45, 7) is 0. The third-order valence-corrected chi connectivity index (χ3v) is 9.04. The molecule has 0 radical (unpaired) electrons. The average molecular weight is 556 g/mol. The summed E-state index contributed by atoms with van der Waals surface area (Å²) in [5, 5.41) is 20.9. The smallest absolute Gasteiger partial charge is 0.0991 e. The highest BCUT2D eigenvalue weighted by atomic mass is 32.1. The highest BCUT2D eigenvalue weighted by molar-refractivity contribution is 7.25. The summed E-state index contributed by atoms with van der Waals surface area (Å²) in [6, 6.07) is 44.2. The van der Waals surface area contributed by atoms with Crippen molar-refractivity contribution in [3.63, 3.8) is 0 Å². The van der Waals surface area contributed by atoms with Crippen molar-refractivity contribution in [2.75, 3.05) is 4.90 Å².